The second-order valence-electron chi connectivity index (χ2n) is 11.1. The number of phenolic OH excluding ortho intramolecular Hbond substituents is 2. The van der Waals surface area contributed by atoms with E-state index in [0.29, 0.717) is 12.8 Å². The fourth-order valence-electron chi connectivity index (χ4n) is 5.21. The lowest BCUT2D eigenvalue weighted by atomic mass is 9.95. The van der Waals surface area contributed by atoms with Gasteiger partial charge in [-0.1, -0.05) is 25.7 Å². The fourth-order valence-corrected chi connectivity index (χ4v) is 5.21. The van der Waals surface area contributed by atoms with Gasteiger partial charge in [-0.3, -0.25) is 9.59 Å². The predicted molar refractivity (Wildman–Crippen MR) is 152 cm³/mol. The number of hydrogen-bond donors (Lipinski definition) is 9. The van der Waals surface area contributed by atoms with Crippen molar-refractivity contribution in [1.82, 2.24) is 5.32 Å². The van der Waals surface area contributed by atoms with E-state index in [0.717, 1.165) is 50.3 Å². The average molecular weight is 648 g/mol. The molecule has 2 heterocycles. The quantitative estimate of drug-likeness (QED) is 0.0722. The molecule has 0 spiro atoms. The molecule has 2 saturated heterocycles. The largest absolute Gasteiger partial charge is 0.508 e. The Morgan fingerprint density at radius 2 is 1.38 bits per heavy atom. The van der Waals surface area contributed by atoms with Gasteiger partial charge >= 0.3 is 5.97 Å². The highest BCUT2D eigenvalue weighted by Gasteiger charge is 2.51. The zero-order valence-electron chi connectivity index (χ0n) is 25.0. The smallest absolute Gasteiger partial charge is 0.305 e. The maximum Gasteiger partial charge on any atom is 0.305 e. The first-order valence-corrected chi connectivity index (χ1v) is 14.9. The molecule has 45 heavy (non-hydrogen) atoms. The number of nitrogens with one attached hydrogen (secondary N) is 1. The highest BCUT2D eigenvalue weighted by molar-refractivity contribution is 5.95. The number of carbonyl (C=O) groups excluding carboxylic acids is 2. The summed E-state index contributed by atoms with van der Waals surface area (Å²) in [6, 6.07) is 1.85. The van der Waals surface area contributed by atoms with Crippen molar-refractivity contribution in [3.05, 3.63) is 23.8 Å². The standard InChI is InChI=1S/C29H45NO15/c1-41-20(35)8-6-4-2-3-5-7-9-42-28-21(30-27(40)15-10-16(33)12-17(34)11-15)23(37)26(19(14-32)44-28)45-29-25(39)24(38)22(36)18(13-31)43-29/h10-12,18-19,21-26,28-29,31-34,36-39H,2-9,13-14H2,1H3,(H,30,40)/t18?,19?,21?,22-,23?,24?,25?,26+,28+,29?/m0/s1. The van der Waals surface area contributed by atoms with Crippen LogP contribution in [-0.2, 0) is 28.5 Å². The lowest BCUT2D eigenvalue weighted by Gasteiger charge is -2.47. The Balaban J connectivity index is 1.69. The topological polar surface area (TPSA) is 254 Å². The summed E-state index contributed by atoms with van der Waals surface area (Å²) >= 11 is 0. The number of benzene rings is 1. The second-order valence-corrected chi connectivity index (χ2v) is 11.1. The molecule has 3 rings (SSSR count). The second kappa shape index (κ2) is 17.9. The minimum Gasteiger partial charge on any atom is -0.508 e. The number of rotatable bonds is 16. The molecule has 0 saturated carbocycles. The van der Waals surface area contributed by atoms with Gasteiger partial charge in [0.05, 0.1) is 20.3 Å². The van der Waals surface area contributed by atoms with Crippen LogP contribution in [0.1, 0.15) is 55.3 Å². The van der Waals surface area contributed by atoms with Crippen LogP contribution in [0.5, 0.6) is 11.5 Å². The summed E-state index contributed by atoms with van der Waals surface area (Å²) in [6.45, 7) is -1.28. The Labute approximate surface area is 260 Å². The van der Waals surface area contributed by atoms with E-state index in [2.05, 4.69) is 10.1 Å². The Morgan fingerprint density at radius 3 is 2.00 bits per heavy atom. The van der Waals surface area contributed by atoms with Crippen molar-refractivity contribution in [1.29, 1.82) is 0 Å². The summed E-state index contributed by atoms with van der Waals surface area (Å²) in [7, 11) is 1.35. The summed E-state index contributed by atoms with van der Waals surface area (Å²) in [5, 5.41) is 83.8. The number of amides is 1. The molecule has 9 N–H and O–H groups in total. The van der Waals surface area contributed by atoms with E-state index in [9.17, 15) is 50.4 Å². The Kier molecular flexibility index (Phi) is 14.6. The van der Waals surface area contributed by atoms with Crippen LogP contribution in [0.4, 0.5) is 0 Å². The zero-order valence-corrected chi connectivity index (χ0v) is 25.0. The number of hydrogen-bond acceptors (Lipinski definition) is 15. The minimum absolute atomic E-state index is 0.148. The molecule has 0 bridgehead atoms. The van der Waals surface area contributed by atoms with Crippen LogP contribution in [0.3, 0.4) is 0 Å². The molecule has 16 heteroatoms. The molecule has 1 amide bonds. The van der Waals surface area contributed by atoms with Crippen molar-refractivity contribution < 1.29 is 74.1 Å². The monoisotopic (exact) mass is 647 g/mol. The molecular formula is C29H45NO15. The fraction of sp³-hybridized carbons (Fsp3) is 0.724. The van der Waals surface area contributed by atoms with Gasteiger partial charge in [0.2, 0.25) is 0 Å². The predicted octanol–water partition coefficient (Wildman–Crippen LogP) is -1.62. The van der Waals surface area contributed by atoms with Crippen LogP contribution in [0, 0.1) is 0 Å². The zero-order chi connectivity index (χ0) is 33.1. The maximum absolute atomic E-state index is 13.1. The molecule has 1 aromatic carbocycles. The van der Waals surface area contributed by atoms with E-state index in [1.165, 1.54) is 7.11 Å². The van der Waals surface area contributed by atoms with Gasteiger partial charge < -0.3 is 69.9 Å². The van der Waals surface area contributed by atoms with Crippen LogP contribution in [0.2, 0.25) is 0 Å². The molecule has 1 aromatic rings. The number of carbonyl (C=O) groups is 2. The number of aromatic hydroxyl groups is 2. The minimum atomic E-state index is -1.81. The third-order valence-electron chi connectivity index (χ3n) is 7.74. The lowest BCUT2D eigenvalue weighted by molar-refractivity contribution is -0.348. The molecule has 0 aliphatic carbocycles. The number of aliphatic hydroxyl groups excluding tert-OH is 6. The van der Waals surface area contributed by atoms with Gasteiger partial charge in [-0.2, -0.15) is 0 Å². The van der Waals surface area contributed by atoms with Crippen molar-refractivity contribution in [2.75, 3.05) is 26.9 Å². The SMILES string of the molecule is COC(=O)CCCCCCCCO[C@@H]1OC(CO)[C@@H](OC2OC(CO)[C@H](O)C(O)C2O)C(O)C1NC(=O)c1cc(O)cc(O)c1. The molecule has 16 nitrogen and oxygen atoms in total. The van der Waals surface area contributed by atoms with Crippen LogP contribution < -0.4 is 5.32 Å². The molecule has 7 unspecified atom stereocenters. The third-order valence-corrected chi connectivity index (χ3v) is 7.74. The first kappa shape index (κ1) is 36.8. The van der Waals surface area contributed by atoms with Crippen LogP contribution in [0.15, 0.2) is 18.2 Å². The Morgan fingerprint density at radius 1 is 0.778 bits per heavy atom. The first-order valence-electron chi connectivity index (χ1n) is 14.9. The Hall–Kier alpha value is -2.64. The number of aliphatic hydroxyl groups is 6. The van der Waals surface area contributed by atoms with Gasteiger partial charge in [-0.05, 0) is 25.0 Å². The molecule has 256 valence electrons. The van der Waals surface area contributed by atoms with Crippen LogP contribution >= 0.6 is 0 Å². The number of ether oxygens (including phenoxy) is 5. The van der Waals surface area contributed by atoms with Gasteiger partial charge in [-0.25, -0.2) is 0 Å². The molecule has 2 fully saturated rings. The van der Waals surface area contributed by atoms with Crippen molar-refractivity contribution >= 4 is 11.9 Å². The van der Waals surface area contributed by atoms with Crippen molar-refractivity contribution in [3.63, 3.8) is 0 Å². The van der Waals surface area contributed by atoms with E-state index in [4.69, 9.17) is 18.9 Å². The first-order chi connectivity index (χ1) is 21.5. The Bertz CT molecular complexity index is 1050. The highest BCUT2D eigenvalue weighted by Crippen LogP contribution is 2.30. The van der Waals surface area contributed by atoms with E-state index in [-0.39, 0.29) is 29.6 Å². The highest BCUT2D eigenvalue weighted by atomic mass is 16.7. The van der Waals surface area contributed by atoms with Crippen LogP contribution in [0.25, 0.3) is 0 Å². The number of phenols is 2. The van der Waals surface area contributed by atoms with Crippen LogP contribution in [-0.4, -0.2) is 141 Å². The average Bonchev–Trinajstić information content (AvgIpc) is 3.01. The van der Waals surface area contributed by atoms with E-state index in [1.54, 1.807) is 0 Å². The maximum atomic E-state index is 13.1. The van der Waals surface area contributed by atoms with Crippen molar-refractivity contribution in [3.8, 4) is 11.5 Å². The number of esters is 1. The normalized spacial score (nSPS) is 31.8. The van der Waals surface area contributed by atoms with Gasteiger partial charge in [0.15, 0.2) is 12.6 Å². The lowest BCUT2D eigenvalue weighted by Crippen LogP contribution is -2.67. The van der Waals surface area contributed by atoms with E-state index >= 15 is 0 Å². The van der Waals surface area contributed by atoms with Gasteiger partial charge in [0.25, 0.3) is 5.91 Å². The van der Waals surface area contributed by atoms with Crippen molar-refractivity contribution in [2.24, 2.45) is 0 Å². The van der Waals surface area contributed by atoms with Crippen molar-refractivity contribution in [2.45, 2.75) is 106 Å². The molecule has 2 aliphatic heterocycles. The van der Waals surface area contributed by atoms with Gasteiger partial charge in [0, 0.05) is 24.7 Å². The van der Waals surface area contributed by atoms with Gasteiger partial charge in [0.1, 0.15) is 60.3 Å². The molecular weight excluding hydrogens is 602 g/mol. The summed E-state index contributed by atoms with van der Waals surface area (Å²) in [4.78, 5) is 24.3. The summed E-state index contributed by atoms with van der Waals surface area (Å²) in [6.07, 6.45) is -8.87. The summed E-state index contributed by atoms with van der Waals surface area (Å²) < 4.78 is 27.5. The molecule has 10 atom stereocenters. The molecule has 2 aliphatic rings. The van der Waals surface area contributed by atoms with E-state index < -0.39 is 80.5 Å². The third kappa shape index (κ3) is 10.2. The number of methoxy groups -OCH3 is 1. The van der Waals surface area contributed by atoms with E-state index in [1.807, 2.05) is 0 Å². The summed E-state index contributed by atoms with van der Waals surface area (Å²) in [5.41, 5.74) is -0.152. The number of unbranched alkanes of at least 4 members (excludes halogenated alkanes) is 5. The summed E-state index contributed by atoms with van der Waals surface area (Å²) in [5.74, 6) is -1.85. The van der Waals surface area contributed by atoms with Gasteiger partial charge in [-0.15, -0.1) is 0 Å². The molecule has 0 radical (unpaired) electrons. The molecule has 0 aromatic heterocycles.